The van der Waals surface area contributed by atoms with Crippen LogP contribution in [0.1, 0.15) is 19.8 Å². The highest BCUT2D eigenvalue weighted by atomic mass is 16.6. The van der Waals surface area contributed by atoms with E-state index < -0.39 is 0 Å². The summed E-state index contributed by atoms with van der Waals surface area (Å²) in [5.74, 6) is 0. The highest BCUT2D eigenvalue weighted by Gasteiger charge is 2.38. The Morgan fingerprint density at radius 3 is 3.00 bits per heavy atom. The molecule has 2 aliphatic rings. The van der Waals surface area contributed by atoms with E-state index in [1.54, 1.807) is 0 Å². The van der Waals surface area contributed by atoms with Crippen molar-refractivity contribution in [3.05, 3.63) is 0 Å². The number of likely N-dealkylation sites (tertiary alicyclic amines) is 1. The Balaban J connectivity index is 1.91. The molecule has 0 spiro atoms. The molecule has 0 radical (unpaired) electrons. The summed E-state index contributed by atoms with van der Waals surface area (Å²) < 4.78 is 5.28. The second-order valence-electron chi connectivity index (χ2n) is 3.21. The highest BCUT2D eigenvalue weighted by molar-refractivity contribution is 4.90. The maximum Gasteiger partial charge on any atom is 0.0964 e. The molecule has 0 amide bonds. The molecule has 0 saturated carbocycles. The minimum absolute atomic E-state index is 0.599. The summed E-state index contributed by atoms with van der Waals surface area (Å²) in [6.45, 7) is 5.74. The van der Waals surface area contributed by atoms with Crippen molar-refractivity contribution in [3.63, 3.8) is 0 Å². The molecule has 0 unspecified atom stereocenters. The van der Waals surface area contributed by atoms with Crippen LogP contribution in [0.2, 0.25) is 0 Å². The zero-order valence-corrected chi connectivity index (χ0v) is 6.55. The first-order valence-electron chi connectivity index (χ1n) is 4.27. The first kappa shape index (κ1) is 6.62. The molecule has 10 heavy (non-hydrogen) atoms. The third-order valence-electron chi connectivity index (χ3n) is 2.61. The van der Waals surface area contributed by atoms with Crippen LogP contribution in [-0.4, -0.2) is 36.7 Å². The van der Waals surface area contributed by atoms with Crippen LogP contribution < -0.4 is 0 Å². The quantitative estimate of drug-likeness (QED) is 0.530. The molecule has 0 N–H and O–H groups in total. The summed E-state index contributed by atoms with van der Waals surface area (Å²) >= 11 is 0. The van der Waals surface area contributed by atoms with Crippen molar-refractivity contribution in [1.82, 2.24) is 4.90 Å². The monoisotopic (exact) mass is 141 g/mol. The van der Waals surface area contributed by atoms with E-state index in [4.69, 9.17) is 4.74 Å². The molecule has 2 rings (SSSR count). The molecule has 2 atom stereocenters. The zero-order chi connectivity index (χ0) is 6.97. The number of hydrogen-bond donors (Lipinski definition) is 0. The Hall–Kier alpha value is -0.0800. The Morgan fingerprint density at radius 2 is 2.40 bits per heavy atom. The fourth-order valence-corrected chi connectivity index (χ4v) is 1.94. The summed E-state index contributed by atoms with van der Waals surface area (Å²) in [7, 11) is 0. The van der Waals surface area contributed by atoms with Crippen molar-refractivity contribution in [1.29, 1.82) is 0 Å². The zero-order valence-electron chi connectivity index (χ0n) is 6.55. The normalized spacial score (nSPS) is 40.5. The molecule has 0 aromatic rings. The first-order valence-corrected chi connectivity index (χ1v) is 4.27. The number of likely N-dealkylation sites (N-methyl/N-ethyl adjacent to an activating group) is 1. The third-order valence-corrected chi connectivity index (χ3v) is 2.61. The number of ether oxygens (including phenoxy) is 1. The van der Waals surface area contributed by atoms with Gasteiger partial charge in [-0.3, -0.25) is 4.90 Å². The smallest absolute Gasteiger partial charge is 0.0964 e. The van der Waals surface area contributed by atoms with Gasteiger partial charge < -0.3 is 4.74 Å². The van der Waals surface area contributed by atoms with Gasteiger partial charge in [0.05, 0.1) is 12.7 Å². The molecule has 2 aliphatic heterocycles. The Bertz CT molecular complexity index is 122. The molecule has 2 fully saturated rings. The van der Waals surface area contributed by atoms with Gasteiger partial charge in [0.2, 0.25) is 0 Å². The van der Waals surface area contributed by atoms with Gasteiger partial charge >= 0.3 is 0 Å². The molecule has 0 bridgehead atoms. The Morgan fingerprint density at radius 1 is 1.60 bits per heavy atom. The van der Waals surface area contributed by atoms with Crippen molar-refractivity contribution >= 4 is 0 Å². The molecule has 0 aliphatic carbocycles. The SMILES string of the molecule is CCN1CCC[C@@H]1[C@H]1CO1. The van der Waals surface area contributed by atoms with Crippen LogP contribution >= 0.6 is 0 Å². The van der Waals surface area contributed by atoms with E-state index in [9.17, 15) is 0 Å². The van der Waals surface area contributed by atoms with Gasteiger partial charge in [0.25, 0.3) is 0 Å². The predicted octanol–water partition coefficient (Wildman–Crippen LogP) is 0.869. The van der Waals surface area contributed by atoms with Crippen LogP contribution in [0.5, 0.6) is 0 Å². The van der Waals surface area contributed by atoms with Crippen LogP contribution in [0.3, 0.4) is 0 Å². The van der Waals surface area contributed by atoms with Gasteiger partial charge in [-0.25, -0.2) is 0 Å². The summed E-state index contributed by atoms with van der Waals surface area (Å²) in [5.41, 5.74) is 0. The number of nitrogens with zero attached hydrogens (tertiary/aromatic N) is 1. The Kier molecular flexibility index (Phi) is 1.66. The molecule has 2 nitrogen and oxygen atoms in total. The van der Waals surface area contributed by atoms with Crippen LogP contribution in [-0.2, 0) is 4.74 Å². The largest absolute Gasteiger partial charge is 0.371 e. The van der Waals surface area contributed by atoms with E-state index in [0.717, 1.165) is 12.6 Å². The number of hydrogen-bond acceptors (Lipinski definition) is 2. The second kappa shape index (κ2) is 2.51. The van der Waals surface area contributed by atoms with Crippen LogP contribution in [0.25, 0.3) is 0 Å². The average molecular weight is 141 g/mol. The second-order valence-corrected chi connectivity index (χ2v) is 3.21. The molecule has 0 aromatic carbocycles. The summed E-state index contributed by atoms with van der Waals surface area (Å²) in [4.78, 5) is 2.54. The van der Waals surface area contributed by atoms with Crippen LogP contribution in [0.4, 0.5) is 0 Å². The minimum atomic E-state index is 0.599. The van der Waals surface area contributed by atoms with Crippen LogP contribution in [0, 0.1) is 0 Å². The lowest BCUT2D eigenvalue weighted by molar-refractivity contribution is 0.217. The van der Waals surface area contributed by atoms with E-state index in [2.05, 4.69) is 11.8 Å². The van der Waals surface area contributed by atoms with Gasteiger partial charge in [-0.2, -0.15) is 0 Å². The number of rotatable bonds is 2. The fraction of sp³-hybridized carbons (Fsp3) is 1.00. The maximum atomic E-state index is 5.28. The van der Waals surface area contributed by atoms with Crippen molar-refractivity contribution in [3.8, 4) is 0 Å². The van der Waals surface area contributed by atoms with Crippen molar-refractivity contribution < 1.29 is 4.74 Å². The lowest BCUT2D eigenvalue weighted by atomic mass is 10.1. The molecular weight excluding hydrogens is 126 g/mol. The first-order chi connectivity index (χ1) is 4.92. The lowest BCUT2D eigenvalue weighted by Crippen LogP contribution is -2.33. The van der Waals surface area contributed by atoms with Gasteiger partial charge in [0.1, 0.15) is 0 Å². The van der Waals surface area contributed by atoms with Gasteiger partial charge in [0.15, 0.2) is 0 Å². The van der Waals surface area contributed by atoms with E-state index in [0.29, 0.717) is 6.10 Å². The van der Waals surface area contributed by atoms with Crippen molar-refractivity contribution in [2.75, 3.05) is 19.7 Å². The highest BCUT2D eigenvalue weighted by Crippen LogP contribution is 2.27. The number of epoxide rings is 1. The summed E-state index contributed by atoms with van der Waals surface area (Å²) in [6, 6.07) is 0.769. The average Bonchev–Trinajstić information content (AvgIpc) is 2.69. The summed E-state index contributed by atoms with van der Waals surface area (Å²) in [5, 5.41) is 0. The van der Waals surface area contributed by atoms with Gasteiger partial charge in [-0.15, -0.1) is 0 Å². The molecule has 0 aromatic heterocycles. The maximum absolute atomic E-state index is 5.28. The molecular formula is C8H15NO. The third kappa shape index (κ3) is 1.06. The van der Waals surface area contributed by atoms with Crippen molar-refractivity contribution in [2.24, 2.45) is 0 Å². The molecule has 58 valence electrons. The lowest BCUT2D eigenvalue weighted by Gasteiger charge is -2.20. The standard InChI is InChI=1S/C8H15NO/c1-2-9-5-3-4-7(9)8-6-10-8/h7-8H,2-6H2,1H3/t7-,8-/m1/s1. The molecule has 2 heteroatoms. The summed E-state index contributed by atoms with van der Waals surface area (Å²) in [6.07, 6.45) is 3.33. The minimum Gasteiger partial charge on any atom is -0.371 e. The van der Waals surface area contributed by atoms with Gasteiger partial charge in [-0.1, -0.05) is 6.92 Å². The fourth-order valence-electron chi connectivity index (χ4n) is 1.94. The molecule has 2 heterocycles. The van der Waals surface area contributed by atoms with E-state index in [1.165, 1.54) is 25.9 Å². The van der Waals surface area contributed by atoms with Gasteiger partial charge in [0, 0.05) is 6.04 Å². The van der Waals surface area contributed by atoms with E-state index in [-0.39, 0.29) is 0 Å². The van der Waals surface area contributed by atoms with Crippen molar-refractivity contribution in [2.45, 2.75) is 31.9 Å². The topological polar surface area (TPSA) is 15.8 Å². The predicted molar refractivity (Wildman–Crippen MR) is 40.0 cm³/mol. The van der Waals surface area contributed by atoms with Crippen LogP contribution in [0.15, 0.2) is 0 Å². The van der Waals surface area contributed by atoms with E-state index >= 15 is 0 Å². The Labute approximate surface area is 62.2 Å². The molecule has 2 saturated heterocycles. The van der Waals surface area contributed by atoms with E-state index in [1.807, 2.05) is 0 Å². The van der Waals surface area contributed by atoms with Gasteiger partial charge in [-0.05, 0) is 25.9 Å².